The number of para-hydroxylation sites is 4. The molecule has 0 bridgehead atoms. The summed E-state index contributed by atoms with van der Waals surface area (Å²) in [6, 6.07) is 53.9. The quantitative estimate of drug-likeness (QED) is 0.183. The summed E-state index contributed by atoms with van der Waals surface area (Å²) in [4.78, 5) is 26.7. The molecule has 66 heavy (non-hydrogen) atoms. The molecule has 0 spiro atoms. The van der Waals surface area contributed by atoms with E-state index < -0.39 is 0 Å². The van der Waals surface area contributed by atoms with Crippen LogP contribution in [0.25, 0.3) is 54.4 Å². The Morgan fingerprint density at radius 3 is 1.21 bits per heavy atom. The van der Waals surface area contributed by atoms with Crippen LogP contribution in [0.2, 0.25) is 0 Å². The molecule has 5 heterocycles. The Bertz CT molecular complexity index is 2580. The summed E-state index contributed by atoms with van der Waals surface area (Å²) in [5, 5.41) is 7.26. The molecule has 0 aliphatic heterocycles. The maximum atomic E-state index is 4.57. The molecule has 3 N–H and O–H groups in total. The van der Waals surface area contributed by atoms with Gasteiger partial charge < -0.3 is 6.15 Å². The van der Waals surface area contributed by atoms with Crippen LogP contribution in [0, 0.1) is 0 Å². The molecule has 0 unspecified atom stereocenters. The van der Waals surface area contributed by atoms with Crippen LogP contribution in [0.4, 0.5) is 0 Å². The average molecular weight is 874 g/mol. The molecule has 0 radical (unpaired) electrons. The van der Waals surface area contributed by atoms with E-state index in [-0.39, 0.29) is 6.15 Å². The van der Waals surface area contributed by atoms with Gasteiger partial charge in [0.25, 0.3) is 0 Å². The highest BCUT2D eigenvalue weighted by Crippen LogP contribution is 2.21. The van der Waals surface area contributed by atoms with E-state index in [4.69, 9.17) is 0 Å². The van der Waals surface area contributed by atoms with Crippen molar-refractivity contribution in [1.29, 1.82) is 0 Å². The second-order valence-electron chi connectivity index (χ2n) is 17.8. The van der Waals surface area contributed by atoms with E-state index in [2.05, 4.69) is 184 Å². The van der Waals surface area contributed by atoms with Gasteiger partial charge >= 0.3 is 0 Å². The minimum atomic E-state index is 0. The highest BCUT2D eigenvalue weighted by Gasteiger charge is 2.05. The van der Waals surface area contributed by atoms with Crippen molar-refractivity contribution in [2.24, 2.45) is 0 Å². The first-order chi connectivity index (χ1) is 31.4. The van der Waals surface area contributed by atoms with E-state index in [9.17, 15) is 0 Å². The van der Waals surface area contributed by atoms with Gasteiger partial charge in [0.1, 0.15) is 5.82 Å². The van der Waals surface area contributed by atoms with Crippen molar-refractivity contribution in [2.45, 2.75) is 98.8 Å². The van der Waals surface area contributed by atoms with E-state index >= 15 is 0 Å². The maximum absolute atomic E-state index is 4.57. The fourth-order valence-electron chi connectivity index (χ4n) is 6.89. The topological polar surface area (TPSA) is 112 Å². The van der Waals surface area contributed by atoms with Crippen LogP contribution in [-0.2, 0) is 0 Å². The molecule has 0 atom stereocenters. The third-order valence-corrected chi connectivity index (χ3v) is 11.0. The van der Waals surface area contributed by atoms with Crippen molar-refractivity contribution in [3.63, 3.8) is 0 Å². The molecule has 5 aromatic carbocycles. The van der Waals surface area contributed by atoms with Crippen LogP contribution < -0.4 is 6.15 Å². The lowest BCUT2D eigenvalue weighted by Crippen LogP contribution is -1.96. The van der Waals surface area contributed by atoms with Crippen LogP contribution in [0.3, 0.4) is 0 Å². The summed E-state index contributed by atoms with van der Waals surface area (Å²) in [5.41, 5.74) is 9.09. The van der Waals surface area contributed by atoms with Crippen LogP contribution in [0.15, 0.2) is 176 Å². The lowest BCUT2D eigenvalue weighted by atomic mass is 10.0. The summed E-state index contributed by atoms with van der Waals surface area (Å²) in [5.74, 6) is 3.37. The first-order valence-corrected chi connectivity index (χ1v) is 23.0. The van der Waals surface area contributed by atoms with Gasteiger partial charge in [-0.15, -0.1) is 0 Å². The summed E-state index contributed by atoms with van der Waals surface area (Å²) < 4.78 is 0. The number of pyridine rings is 4. The summed E-state index contributed by atoms with van der Waals surface area (Å²) in [6.07, 6.45) is 5.80. The molecule has 338 valence electrons. The normalized spacial score (nSPS) is 10.8. The Morgan fingerprint density at radius 1 is 0.288 bits per heavy atom. The Labute approximate surface area is 392 Å². The summed E-state index contributed by atoms with van der Waals surface area (Å²) in [7, 11) is 0. The number of benzene rings is 5. The summed E-state index contributed by atoms with van der Waals surface area (Å²) in [6.45, 7) is 21.6. The molecule has 10 rings (SSSR count). The first kappa shape index (κ1) is 50.0. The van der Waals surface area contributed by atoms with Gasteiger partial charge in [-0.3, -0.25) is 19.9 Å². The van der Waals surface area contributed by atoms with Gasteiger partial charge in [0.2, 0.25) is 0 Å². The average Bonchev–Trinajstić information content (AvgIpc) is 3.34. The maximum Gasteiger partial charge on any atom is 0.131 e. The fourth-order valence-corrected chi connectivity index (χ4v) is 6.89. The van der Waals surface area contributed by atoms with Crippen molar-refractivity contribution in [3.8, 4) is 0 Å². The monoisotopic (exact) mass is 874 g/mol. The number of nitrogens with zero attached hydrogens (tertiary/aromatic N) is 6. The van der Waals surface area contributed by atoms with E-state index in [0.717, 1.165) is 33.3 Å². The number of hydrogen-bond acceptors (Lipinski definition) is 7. The standard InChI is InChI=1S/4C12H13N.C11H12N2.H3N/c1-9(2)11-7-10-5-3-4-6-12(10)13-8-11;1-9(2)12-7-10-5-3-4-6-11(10)8-13-12;2*1-9(2)11-8-7-10-5-3-4-6-12(10)13-11;1-8(2)11-12-7-9-5-3-4-6-10(9)13-11;/h4*3-9H,1-2H3;3-8H,1-2H3;1H3. The lowest BCUT2D eigenvalue weighted by Gasteiger charge is -2.05. The predicted octanol–water partition coefficient (Wildman–Crippen LogP) is 16.3. The molecule has 10 aromatic rings. The Hall–Kier alpha value is -6.96. The van der Waals surface area contributed by atoms with Gasteiger partial charge in [-0.25, -0.2) is 9.97 Å². The largest absolute Gasteiger partial charge is 0.344 e. The highest BCUT2D eigenvalue weighted by molar-refractivity contribution is 5.82. The minimum absolute atomic E-state index is 0. The van der Waals surface area contributed by atoms with Crippen LogP contribution in [0.1, 0.15) is 127 Å². The second kappa shape index (κ2) is 24.4. The fraction of sp³-hybridized carbons (Fsp3) is 0.254. The zero-order valence-corrected chi connectivity index (χ0v) is 40.5. The number of hydrogen-bond donors (Lipinski definition) is 1. The molecule has 0 saturated heterocycles. The van der Waals surface area contributed by atoms with E-state index in [0.29, 0.717) is 29.6 Å². The number of fused-ring (bicyclic) bond motifs is 5. The molecular weight excluding hydrogens is 807 g/mol. The Morgan fingerprint density at radius 2 is 0.712 bits per heavy atom. The third kappa shape index (κ3) is 14.0. The van der Waals surface area contributed by atoms with Gasteiger partial charge in [-0.05, 0) is 83.2 Å². The van der Waals surface area contributed by atoms with E-state index in [1.165, 1.54) is 49.6 Å². The highest BCUT2D eigenvalue weighted by atomic mass is 14.9. The third-order valence-electron chi connectivity index (χ3n) is 11.0. The van der Waals surface area contributed by atoms with Crippen LogP contribution >= 0.6 is 0 Å². The van der Waals surface area contributed by atoms with Crippen molar-refractivity contribution >= 4 is 54.4 Å². The number of rotatable bonds is 5. The molecule has 0 saturated carbocycles. The van der Waals surface area contributed by atoms with Gasteiger partial charge in [0.05, 0.1) is 22.1 Å². The first-order valence-electron chi connectivity index (χ1n) is 23.0. The number of aromatic nitrogens is 6. The Balaban J connectivity index is 0.000000154. The zero-order chi connectivity index (χ0) is 46.3. The predicted molar refractivity (Wildman–Crippen MR) is 282 cm³/mol. The van der Waals surface area contributed by atoms with E-state index in [1.54, 1.807) is 0 Å². The lowest BCUT2D eigenvalue weighted by molar-refractivity contribution is 0.783. The van der Waals surface area contributed by atoms with Gasteiger partial charge in [-0.2, -0.15) is 0 Å². The molecule has 0 amide bonds. The van der Waals surface area contributed by atoms with Crippen molar-refractivity contribution in [1.82, 2.24) is 36.1 Å². The molecular formula is C59H67N7. The van der Waals surface area contributed by atoms with Crippen LogP contribution in [0.5, 0.6) is 0 Å². The molecule has 0 aliphatic carbocycles. The summed E-state index contributed by atoms with van der Waals surface area (Å²) >= 11 is 0. The molecule has 7 heteroatoms. The van der Waals surface area contributed by atoms with Gasteiger partial charge in [-0.1, -0.05) is 178 Å². The van der Waals surface area contributed by atoms with Gasteiger partial charge in [0.15, 0.2) is 0 Å². The van der Waals surface area contributed by atoms with Gasteiger partial charge in [0, 0.05) is 68.5 Å². The molecule has 0 aliphatic rings. The molecule has 0 fully saturated rings. The SMILES string of the molecule is CC(C)c1cc2ccccc2cn1.CC(C)c1ccc2ccccc2n1.CC(C)c1ccc2ccccc2n1.CC(C)c1cnc2ccccc2c1.CC(C)c1ncc2ccccc2n1.N. The van der Waals surface area contributed by atoms with Crippen molar-refractivity contribution in [2.75, 3.05) is 0 Å². The Kier molecular flexibility index (Phi) is 18.5. The second-order valence-corrected chi connectivity index (χ2v) is 17.8. The van der Waals surface area contributed by atoms with Crippen molar-refractivity contribution in [3.05, 3.63) is 205 Å². The molecule has 7 nitrogen and oxygen atoms in total. The van der Waals surface area contributed by atoms with Crippen molar-refractivity contribution < 1.29 is 0 Å². The van der Waals surface area contributed by atoms with E-state index in [1.807, 2.05) is 91.4 Å². The molecule has 5 aromatic heterocycles. The zero-order valence-electron chi connectivity index (χ0n) is 40.5. The minimum Gasteiger partial charge on any atom is -0.344 e. The van der Waals surface area contributed by atoms with Crippen LogP contribution in [-0.4, -0.2) is 29.9 Å². The smallest absolute Gasteiger partial charge is 0.131 e.